The van der Waals surface area contributed by atoms with E-state index in [-0.39, 0.29) is 18.2 Å². The molecular weight excluding hydrogens is 232 g/mol. The normalized spacial score (nSPS) is 9.00. The lowest BCUT2D eigenvalue weighted by Gasteiger charge is -2.12. The average molecular weight is 247 g/mol. The number of methoxy groups -OCH3 is 3. The molecule has 0 aliphatic rings. The van der Waals surface area contributed by atoms with Crippen molar-refractivity contribution < 1.29 is 19.0 Å². The molecule has 0 N–H and O–H groups in total. The first-order valence-corrected chi connectivity index (χ1v) is 4.45. The molecule has 0 fully saturated rings. The number of benzene rings is 1. The van der Waals surface area contributed by atoms with E-state index in [0.717, 1.165) is 0 Å². The van der Waals surface area contributed by atoms with Crippen LogP contribution in [0.5, 0.6) is 17.2 Å². The zero-order chi connectivity index (χ0) is 11.4. The van der Waals surface area contributed by atoms with E-state index in [9.17, 15) is 4.79 Å². The van der Waals surface area contributed by atoms with Gasteiger partial charge in [-0.05, 0) is 19.1 Å². The maximum atomic E-state index is 11.2. The molecule has 5 heteroatoms. The summed E-state index contributed by atoms with van der Waals surface area (Å²) in [5, 5.41) is 0. The third-order valence-corrected chi connectivity index (χ3v) is 2.07. The van der Waals surface area contributed by atoms with E-state index in [2.05, 4.69) is 0 Å². The minimum absolute atomic E-state index is 0. The Balaban J connectivity index is 0.00000225. The number of ether oxygens (including phenoxy) is 3. The van der Waals surface area contributed by atoms with Gasteiger partial charge in [0.2, 0.25) is 5.75 Å². The zero-order valence-corrected chi connectivity index (χ0v) is 10.5. The van der Waals surface area contributed by atoms with E-state index in [0.29, 0.717) is 22.8 Å². The molecule has 0 atom stereocenters. The number of hydrogen-bond donors (Lipinski definition) is 0. The van der Waals surface area contributed by atoms with Gasteiger partial charge in [0.05, 0.1) is 21.3 Å². The van der Waals surface area contributed by atoms with Gasteiger partial charge in [-0.15, -0.1) is 12.4 Å². The first kappa shape index (κ1) is 14.6. The van der Waals surface area contributed by atoms with E-state index in [1.807, 2.05) is 0 Å². The Morgan fingerprint density at radius 3 is 1.69 bits per heavy atom. The summed E-state index contributed by atoms with van der Waals surface area (Å²) in [7, 11) is 4.55. The molecule has 0 spiro atoms. The summed E-state index contributed by atoms with van der Waals surface area (Å²) in [6.07, 6.45) is 0. The summed E-state index contributed by atoms with van der Waals surface area (Å²) in [4.78, 5) is 11.2. The quantitative estimate of drug-likeness (QED) is 0.765. The fourth-order valence-electron chi connectivity index (χ4n) is 1.28. The van der Waals surface area contributed by atoms with Gasteiger partial charge in [-0.25, -0.2) is 0 Å². The number of rotatable bonds is 4. The van der Waals surface area contributed by atoms with Gasteiger partial charge >= 0.3 is 0 Å². The monoisotopic (exact) mass is 246 g/mol. The van der Waals surface area contributed by atoms with Crippen molar-refractivity contribution in [3.05, 3.63) is 17.7 Å². The van der Waals surface area contributed by atoms with Crippen LogP contribution < -0.4 is 14.2 Å². The Bertz CT molecular complexity index is 351. The molecule has 90 valence electrons. The Labute approximate surface area is 101 Å². The highest BCUT2D eigenvalue weighted by atomic mass is 35.5. The number of Topliss-reactive ketones (excluding diaryl/α,β-unsaturated/α-hetero) is 1. The van der Waals surface area contributed by atoms with Crippen molar-refractivity contribution in [2.24, 2.45) is 0 Å². The Hall–Kier alpha value is -1.42. The van der Waals surface area contributed by atoms with E-state index in [4.69, 9.17) is 14.2 Å². The Morgan fingerprint density at radius 1 is 1.00 bits per heavy atom. The molecular formula is C11H15ClO4. The summed E-state index contributed by atoms with van der Waals surface area (Å²) < 4.78 is 15.4. The highest BCUT2D eigenvalue weighted by molar-refractivity contribution is 5.95. The molecule has 0 amide bonds. The van der Waals surface area contributed by atoms with Gasteiger partial charge in [-0.3, -0.25) is 4.79 Å². The lowest BCUT2D eigenvalue weighted by Crippen LogP contribution is -1.99. The van der Waals surface area contributed by atoms with Crippen LogP contribution in [0, 0.1) is 0 Å². The predicted molar refractivity (Wildman–Crippen MR) is 63.4 cm³/mol. The molecule has 1 aromatic rings. The van der Waals surface area contributed by atoms with E-state index >= 15 is 0 Å². The first-order valence-electron chi connectivity index (χ1n) is 4.45. The summed E-state index contributed by atoms with van der Waals surface area (Å²) >= 11 is 0. The van der Waals surface area contributed by atoms with E-state index in [1.54, 1.807) is 12.1 Å². The number of carbonyl (C=O) groups excluding carboxylic acids is 1. The predicted octanol–water partition coefficient (Wildman–Crippen LogP) is 2.34. The van der Waals surface area contributed by atoms with Crippen LogP contribution in [-0.4, -0.2) is 27.1 Å². The fourth-order valence-corrected chi connectivity index (χ4v) is 1.28. The van der Waals surface area contributed by atoms with Crippen molar-refractivity contribution >= 4 is 18.2 Å². The van der Waals surface area contributed by atoms with E-state index in [1.165, 1.54) is 28.3 Å². The second kappa shape index (κ2) is 6.23. The minimum atomic E-state index is -0.0470. The van der Waals surface area contributed by atoms with Gasteiger partial charge in [-0.1, -0.05) is 0 Å². The molecule has 1 rings (SSSR count). The second-order valence-corrected chi connectivity index (χ2v) is 2.97. The van der Waals surface area contributed by atoms with Crippen molar-refractivity contribution in [3.8, 4) is 17.2 Å². The Morgan fingerprint density at radius 2 is 1.44 bits per heavy atom. The third-order valence-electron chi connectivity index (χ3n) is 2.07. The molecule has 16 heavy (non-hydrogen) atoms. The smallest absolute Gasteiger partial charge is 0.203 e. The van der Waals surface area contributed by atoms with Gasteiger partial charge in [0.25, 0.3) is 0 Å². The van der Waals surface area contributed by atoms with Crippen molar-refractivity contribution in [2.75, 3.05) is 21.3 Å². The second-order valence-electron chi connectivity index (χ2n) is 2.97. The molecule has 4 nitrogen and oxygen atoms in total. The zero-order valence-electron chi connectivity index (χ0n) is 9.70. The Kier molecular flexibility index (Phi) is 5.67. The van der Waals surface area contributed by atoms with Gasteiger partial charge < -0.3 is 14.2 Å². The largest absolute Gasteiger partial charge is 0.493 e. The third kappa shape index (κ3) is 2.79. The lowest BCUT2D eigenvalue weighted by molar-refractivity contribution is 0.101. The van der Waals surface area contributed by atoms with Gasteiger partial charge in [0.15, 0.2) is 17.3 Å². The molecule has 0 aliphatic carbocycles. The summed E-state index contributed by atoms with van der Waals surface area (Å²) in [6.45, 7) is 1.49. The summed E-state index contributed by atoms with van der Waals surface area (Å²) in [5.74, 6) is 1.42. The van der Waals surface area contributed by atoms with Crippen molar-refractivity contribution in [3.63, 3.8) is 0 Å². The number of ketones is 1. The van der Waals surface area contributed by atoms with Crippen LogP contribution in [0.3, 0.4) is 0 Å². The molecule has 0 heterocycles. The maximum absolute atomic E-state index is 11.2. The van der Waals surface area contributed by atoms with Gasteiger partial charge in [-0.2, -0.15) is 0 Å². The molecule has 0 aliphatic heterocycles. The highest BCUT2D eigenvalue weighted by Crippen LogP contribution is 2.38. The first-order chi connectivity index (χ1) is 7.13. The number of halogens is 1. The van der Waals surface area contributed by atoms with Crippen LogP contribution in [0.15, 0.2) is 12.1 Å². The van der Waals surface area contributed by atoms with Gasteiger partial charge in [0, 0.05) is 5.56 Å². The fraction of sp³-hybridized carbons (Fsp3) is 0.364. The molecule has 0 aromatic heterocycles. The average Bonchev–Trinajstić information content (AvgIpc) is 2.26. The van der Waals surface area contributed by atoms with Crippen LogP contribution in [0.2, 0.25) is 0 Å². The molecule has 0 unspecified atom stereocenters. The van der Waals surface area contributed by atoms with Crippen LogP contribution in [0.25, 0.3) is 0 Å². The summed E-state index contributed by atoms with van der Waals surface area (Å²) in [6, 6.07) is 3.26. The van der Waals surface area contributed by atoms with Crippen LogP contribution in [-0.2, 0) is 0 Å². The van der Waals surface area contributed by atoms with Crippen molar-refractivity contribution in [1.29, 1.82) is 0 Å². The van der Waals surface area contributed by atoms with Gasteiger partial charge in [0.1, 0.15) is 0 Å². The standard InChI is InChI=1S/C11H14O4.ClH/c1-7(12)8-5-9(13-2)11(15-4)10(6-8)14-3;/h5-6H,1-4H3;1H. The van der Waals surface area contributed by atoms with Crippen molar-refractivity contribution in [1.82, 2.24) is 0 Å². The molecule has 0 radical (unpaired) electrons. The maximum Gasteiger partial charge on any atom is 0.203 e. The van der Waals surface area contributed by atoms with Crippen LogP contribution >= 0.6 is 12.4 Å². The highest BCUT2D eigenvalue weighted by Gasteiger charge is 2.14. The summed E-state index contributed by atoms with van der Waals surface area (Å²) in [5.41, 5.74) is 0.532. The number of hydrogen-bond acceptors (Lipinski definition) is 4. The molecule has 1 aromatic carbocycles. The lowest BCUT2D eigenvalue weighted by atomic mass is 10.1. The minimum Gasteiger partial charge on any atom is -0.493 e. The van der Waals surface area contributed by atoms with E-state index < -0.39 is 0 Å². The molecule has 0 bridgehead atoms. The molecule has 0 saturated carbocycles. The molecule has 0 saturated heterocycles. The van der Waals surface area contributed by atoms with Crippen molar-refractivity contribution in [2.45, 2.75) is 6.92 Å². The van der Waals surface area contributed by atoms with Crippen LogP contribution in [0.4, 0.5) is 0 Å². The number of carbonyl (C=O) groups is 1. The topological polar surface area (TPSA) is 44.8 Å². The van der Waals surface area contributed by atoms with Crippen LogP contribution in [0.1, 0.15) is 17.3 Å². The SMILES string of the molecule is COc1cc(C(C)=O)cc(OC)c1OC.Cl.